The molecule has 0 saturated heterocycles. The van der Waals surface area contributed by atoms with Crippen LogP contribution in [0, 0.1) is 11.2 Å². The Balaban J connectivity index is 0.000000944. The van der Waals surface area contributed by atoms with Crippen LogP contribution in [0.25, 0.3) is 0 Å². The molecule has 0 radical (unpaired) electrons. The maximum Gasteiger partial charge on any atom is 0.490 e. The third kappa shape index (κ3) is 11.5. The molecular formula is C33H33F8N5O6. The number of amidine groups is 1. The Kier molecular flexibility index (Phi) is 14.2. The number of aliphatic carboxylic acids is 1. The van der Waals surface area contributed by atoms with Gasteiger partial charge in [-0.2, -0.15) is 13.2 Å². The summed E-state index contributed by atoms with van der Waals surface area (Å²) < 4.78 is 110. The van der Waals surface area contributed by atoms with Crippen molar-refractivity contribution >= 4 is 35.0 Å². The van der Waals surface area contributed by atoms with E-state index in [4.69, 9.17) is 30.5 Å². The molecule has 52 heavy (non-hydrogen) atoms. The fraction of sp³-hybridized carbons (Fsp3) is 0.333. The molecule has 0 spiro atoms. The second kappa shape index (κ2) is 18.0. The number of benzene rings is 3. The standard InChI is InChI=1S/C31H32F5N5O4.C2HF3O2/c1-41-15-20-11-22(12-24(34)29(20)45-23(13-32)14-33)39-27(42)9-5-18-10-19(4-8-25(18)44-16-26(35)36)28(31(41)43)40-21-6-2-17(3-7-21)30(37)38;3-2(4,5)1(6)7/h2-4,6-8,10-12,23,26,28,40H,5,9,13-16H2,1H3,(H3,37,38)(H,39,42);(H,6,7)/t28-;/m1./s1. The molecule has 4 rings (SSSR count). The number of aryl methyl sites for hydroxylation is 1. The van der Waals surface area contributed by atoms with Crippen molar-refractivity contribution < 1.29 is 64.1 Å². The average Bonchev–Trinajstić information content (AvgIpc) is 3.08. The molecule has 3 aromatic rings. The van der Waals surface area contributed by atoms with E-state index in [9.17, 15) is 40.3 Å². The zero-order chi connectivity index (χ0) is 38.7. The maximum absolute atomic E-state index is 15.3. The van der Waals surface area contributed by atoms with E-state index in [1.54, 1.807) is 30.3 Å². The van der Waals surface area contributed by atoms with Gasteiger partial charge in [0.2, 0.25) is 11.8 Å². The first-order valence-corrected chi connectivity index (χ1v) is 15.1. The molecule has 2 amide bonds. The average molecular weight is 748 g/mol. The molecule has 0 saturated carbocycles. The molecule has 0 unspecified atom stereocenters. The van der Waals surface area contributed by atoms with Gasteiger partial charge >= 0.3 is 12.1 Å². The number of ether oxygens (including phenoxy) is 2. The molecule has 282 valence electrons. The minimum atomic E-state index is -5.08. The highest BCUT2D eigenvalue weighted by Crippen LogP contribution is 2.33. The fourth-order valence-corrected chi connectivity index (χ4v) is 4.74. The van der Waals surface area contributed by atoms with Gasteiger partial charge in [0, 0.05) is 48.6 Å². The Morgan fingerprint density at radius 3 is 2.25 bits per heavy atom. The van der Waals surface area contributed by atoms with Crippen LogP contribution >= 0.6 is 0 Å². The predicted molar refractivity (Wildman–Crippen MR) is 172 cm³/mol. The van der Waals surface area contributed by atoms with Crippen LogP contribution in [0.1, 0.15) is 34.7 Å². The maximum atomic E-state index is 15.3. The number of amides is 2. The lowest BCUT2D eigenvalue weighted by molar-refractivity contribution is -0.192. The van der Waals surface area contributed by atoms with E-state index in [0.29, 0.717) is 22.4 Å². The molecule has 1 heterocycles. The molecular weight excluding hydrogens is 714 g/mol. The highest BCUT2D eigenvalue weighted by Gasteiger charge is 2.38. The summed E-state index contributed by atoms with van der Waals surface area (Å²) in [6.45, 7) is -3.62. The van der Waals surface area contributed by atoms with Crippen molar-refractivity contribution in [1.82, 2.24) is 4.90 Å². The number of nitrogens with zero attached hydrogens (tertiary/aromatic N) is 1. The van der Waals surface area contributed by atoms with Gasteiger partial charge in [-0.1, -0.05) is 6.07 Å². The van der Waals surface area contributed by atoms with Gasteiger partial charge in [-0.15, -0.1) is 0 Å². The number of carboxylic acid groups (broad SMARTS) is 1. The van der Waals surface area contributed by atoms with E-state index in [-0.39, 0.29) is 42.2 Å². The second-order valence-electron chi connectivity index (χ2n) is 11.2. The molecule has 1 atom stereocenters. The third-order valence-electron chi connectivity index (χ3n) is 7.22. The van der Waals surface area contributed by atoms with Crippen LogP contribution in [0.2, 0.25) is 0 Å². The topological polar surface area (TPSA) is 167 Å². The number of hydrogen-bond acceptors (Lipinski definition) is 7. The first kappa shape index (κ1) is 40.8. The molecule has 1 aliphatic rings. The molecule has 11 nitrogen and oxygen atoms in total. The number of carboxylic acids is 1. The highest BCUT2D eigenvalue weighted by molar-refractivity contribution is 5.95. The monoisotopic (exact) mass is 747 g/mol. The Morgan fingerprint density at radius 2 is 1.69 bits per heavy atom. The first-order chi connectivity index (χ1) is 24.4. The smallest absolute Gasteiger partial charge is 0.487 e. The van der Waals surface area contributed by atoms with Crippen LogP contribution in [0.4, 0.5) is 46.5 Å². The normalized spacial score (nSPS) is 14.9. The minimum Gasteiger partial charge on any atom is -0.487 e. The van der Waals surface area contributed by atoms with Crippen molar-refractivity contribution in [3.05, 3.63) is 82.7 Å². The quantitative estimate of drug-likeness (QED) is 0.0991. The third-order valence-corrected chi connectivity index (χ3v) is 7.22. The van der Waals surface area contributed by atoms with E-state index < -0.39 is 74.1 Å². The van der Waals surface area contributed by atoms with Crippen molar-refractivity contribution in [1.29, 1.82) is 5.41 Å². The van der Waals surface area contributed by atoms with Gasteiger partial charge in [0.25, 0.3) is 6.43 Å². The summed E-state index contributed by atoms with van der Waals surface area (Å²) in [6, 6.07) is 12.1. The zero-order valence-electron chi connectivity index (χ0n) is 27.2. The van der Waals surface area contributed by atoms with Gasteiger partial charge < -0.3 is 35.8 Å². The number of nitrogens with one attached hydrogen (secondary N) is 3. The molecule has 3 aromatic carbocycles. The number of fused-ring (bicyclic) bond motifs is 4. The molecule has 0 fully saturated rings. The SMILES string of the molecule is CN1Cc2cc(cc(F)c2OC(CF)CF)NC(=O)CCc2cc(ccc2OCC(F)F)[C@@H](Nc2ccc(C(=N)N)cc2)C1=O.O=C(O)C(F)(F)F. The number of anilines is 2. The lowest BCUT2D eigenvalue weighted by Crippen LogP contribution is -2.35. The summed E-state index contributed by atoms with van der Waals surface area (Å²) >= 11 is 0. The number of nitrogen functional groups attached to an aromatic ring is 1. The molecule has 0 aromatic heterocycles. The lowest BCUT2D eigenvalue weighted by atomic mass is 9.98. The second-order valence-corrected chi connectivity index (χ2v) is 11.2. The molecule has 0 aliphatic carbocycles. The minimum absolute atomic E-state index is 0.0120. The van der Waals surface area contributed by atoms with Gasteiger partial charge in [-0.25, -0.2) is 26.7 Å². The Morgan fingerprint density at radius 1 is 1.06 bits per heavy atom. The fourth-order valence-electron chi connectivity index (χ4n) is 4.74. The number of halogens is 8. The van der Waals surface area contributed by atoms with Crippen LogP contribution in [0.5, 0.6) is 11.5 Å². The van der Waals surface area contributed by atoms with Gasteiger partial charge in [0.05, 0.1) is 0 Å². The molecule has 4 bridgehead atoms. The van der Waals surface area contributed by atoms with Crippen LogP contribution in [0.15, 0.2) is 54.6 Å². The van der Waals surface area contributed by atoms with Crippen molar-refractivity contribution in [3.63, 3.8) is 0 Å². The van der Waals surface area contributed by atoms with Crippen molar-refractivity contribution in [2.75, 3.05) is 37.6 Å². The molecule has 1 aliphatic heterocycles. The van der Waals surface area contributed by atoms with E-state index >= 15 is 4.39 Å². The molecule has 6 N–H and O–H groups in total. The van der Waals surface area contributed by atoms with Crippen LogP contribution in [-0.2, 0) is 27.3 Å². The highest BCUT2D eigenvalue weighted by atomic mass is 19.4. The number of alkyl halides is 7. The number of rotatable bonds is 10. The van der Waals surface area contributed by atoms with Gasteiger partial charge in [0.1, 0.15) is 37.6 Å². The lowest BCUT2D eigenvalue weighted by Gasteiger charge is -2.28. The van der Waals surface area contributed by atoms with Gasteiger partial charge in [-0.05, 0) is 60.0 Å². The summed E-state index contributed by atoms with van der Waals surface area (Å²) in [5.74, 6) is -5.34. The summed E-state index contributed by atoms with van der Waals surface area (Å²) in [4.78, 5) is 37.0. The Labute approximate surface area is 291 Å². The van der Waals surface area contributed by atoms with Crippen LogP contribution in [0.3, 0.4) is 0 Å². The summed E-state index contributed by atoms with van der Waals surface area (Å²) in [5, 5.41) is 20.4. The summed E-state index contributed by atoms with van der Waals surface area (Å²) in [7, 11) is 1.43. The zero-order valence-corrected chi connectivity index (χ0v) is 27.2. The van der Waals surface area contributed by atoms with Crippen LogP contribution < -0.4 is 25.8 Å². The van der Waals surface area contributed by atoms with E-state index in [1.165, 1.54) is 30.1 Å². The Hall–Kier alpha value is -5.62. The van der Waals surface area contributed by atoms with E-state index in [0.717, 1.165) is 6.07 Å². The van der Waals surface area contributed by atoms with Crippen molar-refractivity contribution in [2.45, 2.75) is 44.1 Å². The van der Waals surface area contributed by atoms with Crippen LogP contribution in [-0.4, -0.2) is 79.3 Å². The van der Waals surface area contributed by atoms with E-state index in [1.807, 2.05) is 0 Å². The number of hydrogen-bond donors (Lipinski definition) is 5. The molecule has 19 heteroatoms. The number of nitrogens with two attached hydrogens (primary N) is 1. The van der Waals surface area contributed by atoms with Gasteiger partial charge in [0.15, 0.2) is 17.7 Å². The van der Waals surface area contributed by atoms with Crippen molar-refractivity contribution in [2.24, 2.45) is 5.73 Å². The summed E-state index contributed by atoms with van der Waals surface area (Å²) in [6.07, 6.45) is -9.55. The first-order valence-electron chi connectivity index (χ1n) is 15.1. The number of carbonyl (C=O) groups excluding carboxylic acids is 2. The van der Waals surface area contributed by atoms with Crippen molar-refractivity contribution in [3.8, 4) is 11.5 Å². The largest absolute Gasteiger partial charge is 0.490 e. The predicted octanol–water partition coefficient (Wildman–Crippen LogP) is 5.77. The summed E-state index contributed by atoms with van der Waals surface area (Å²) in [5.41, 5.74) is 7.31. The van der Waals surface area contributed by atoms with E-state index in [2.05, 4.69) is 10.6 Å². The van der Waals surface area contributed by atoms with Gasteiger partial charge in [-0.3, -0.25) is 15.0 Å². The number of carbonyl (C=O) groups is 3. The number of likely N-dealkylation sites (N-methyl/N-ethyl adjacent to an activating group) is 1. The Bertz CT molecular complexity index is 1740.